The molecule has 0 unspecified atom stereocenters. The minimum atomic E-state index is 0.209. The Kier molecular flexibility index (Phi) is 3.74. The highest BCUT2D eigenvalue weighted by atomic mass is 16.5. The molecule has 1 saturated carbocycles. The van der Waals surface area contributed by atoms with E-state index in [0.29, 0.717) is 11.9 Å². The van der Waals surface area contributed by atoms with Gasteiger partial charge >= 0.3 is 0 Å². The molecule has 0 aliphatic heterocycles. The van der Waals surface area contributed by atoms with E-state index in [1.807, 2.05) is 18.2 Å². The molecule has 0 amide bonds. The SMILES string of the molecule is COc1cccc(CN(CCO)C2CC2)n1. The van der Waals surface area contributed by atoms with Crippen LogP contribution in [0.25, 0.3) is 0 Å². The molecule has 1 aliphatic carbocycles. The first-order valence-corrected chi connectivity index (χ1v) is 5.68. The van der Waals surface area contributed by atoms with Crippen molar-refractivity contribution in [2.75, 3.05) is 20.3 Å². The highest BCUT2D eigenvalue weighted by molar-refractivity contribution is 5.15. The van der Waals surface area contributed by atoms with Crippen LogP contribution < -0.4 is 4.74 Å². The van der Waals surface area contributed by atoms with E-state index in [4.69, 9.17) is 9.84 Å². The molecule has 1 fully saturated rings. The van der Waals surface area contributed by atoms with E-state index in [1.54, 1.807) is 7.11 Å². The van der Waals surface area contributed by atoms with Crippen LogP contribution >= 0.6 is 0 Å². The fraction of sp³-hybridized carbons (Fsp3) is 0.583. The second kappa shape index (κ2) is 5.27. The normalized spacial score (nSPS) is 15.4. The molecule has 0 saturated heterocycles. The van der Waals surface area contributed by atoms with E-state index >= 15 is 0 Å². The van der Waals surface area contributed by atoms with Crippen LogP contribution in [0.15, 0.2) is 18.2 Å². The Morgan fingerprint density at radius 1 is 1.50 bits per heavy atom. The molecule has 4 nitrogen and oxygen atoms in total. The van der Waals surface area contributed by atoms with Gasteiger partial charge in [0, 0.05) is 25.2 Å². The summed E-state index contributed by atoms with van der Waals surface area (Å²) in [6.07, 6.45) is 2.48. The Balaban J connectivity index is 1.99. The minimum absolute atomic E-state index is 0.209. The zero-order chi connectivity index (χ0) is 11.4. The summed E-state index contributed by atoms with van der Waals surface area (Å²) in [5.41, 5.74) is 1.000. The molecule has 0 aromatic carbocycles. The Labute approximate surface area is 95.9 Å². The minimum Gasteiger partial charge on any atom is -0.481 e. The zero-order valence-electron chi connectivity index (χ0n) is 9.59. The van der Waals surface area contributed by atoms with Crippen molar-refractivity contribution in [2.24, 2.45) is 0 Å². The Morgan fingerprint density at radius 3 is 2.94 bits per heavy atom. The van der Waals surface area contributed by atoms with Gasteiger partial charge in [-0.3, -0.25) is 4.90 Å². The van der Waals surface area contributed by atoms with Crippen LogP contribution in [0.5, 0.6) is 5.88 Å². The molecule has 0 radical (unpaired) electrons. The van der Waals surface area contributed by atoms with E-state index in [1.165, 1.54) is 12.8 Å². The first kappa shape index (κ1) is 11.4. The van der Waals surface area contributed by atoms with Gasteiger partial charge in [0.2, 0.25) is 5.88 Å². The molecular weight excluding hydrogens is 204 g/mol. The van der Waals surface area contributed by atoms with Crippen molar-refractivity contribution in [2.45, 2.75) is 25.4 Å². The van der Waals surface area contributed by atoms with Crippen molar-refractivity contribution in [3.05, 3.63) is 23.9 Å². The molecule has 0 atom stereocenters. The molecule has 4 heteroatoms. The molecule has 88 valence electrons. The van der Waals surface area contributed by atoms with Gasteiger partial charge in [-0.25, -0.2) is 4.98 Å². The van der Waals surface area contributed by atoms with Gasteiger partial charge in [-0.05, 0) is 18.9 Å². The smallest absolute Gasteiger partial charge is 0.213 e. The average molecular weight is 222 g/mol. The van der Waals surface area contributed by atoms with E-state index in [0.717, 1.165) is 18.8 Å². The summed E-state index contributed by atoms with van der Waals surface area (Å²) >= 11 is 0. The third-order valence-corrected chi connectivity index (χ3v) is 2.81. The van der Waals surface area contributed by atoms with Crippen LogP contribution in [0.4, 0.5) is 0 Å². The number of ether oxygens (including phenoxy) is 1. The number of methoxy groups -OCH3 is 1. The lowest BCUT2D eigenvalue weighted by Crippen LogP contribution is -2.29. The van der Waals surface area contributed by atoms with Gasteiger partial charge in [0.15, 0.2) is 0 Å². The average Bonchev–Trinajstić information content (AvgIpc) is 3.13. The summed E-state index contributed by atoms with van der Waals surface area (Å²) in [6.45, 7) is 1.73. The van der Waals surface area contributed by atoms with Gasteiger partial charge in [-0.2, -0.15) is 0 Å². The highest BCUT2D eigenvalue weighted by Gasteiger charge is 2.28. The number of rotatable bonds is 6. The first-order valence-electron chi connectivity index (χ1n) is 5.68. The van der Waals surface area contributed by atoms with Gasteiger partial charge in [-0.1, -0.05) is 6.07 Å². The van der Waals surface area contributed by atoms with E-state index in [-0.39, 0.29) is 6.61 Å². The fourth-order valence-electron chi connectivity index (χ4n) is 1.83. The molecule has 16 heavy (non-hydrogen) atoms. The second-order valence-electron chi connectivity index (χ2n) is 4.10. The van der Waals surface area contributed by atoms with E-state index < -0.39 is 0 Å². The van der Waals surface area contributed by atoms with Crippen LogP contribution in [-0.2, 0) is 6.54 Å². The topological polar surface area (TPSA) is 45.6 Å². The molecule has 1 aromatic heterocycles. The Hall–Kier alpha value is -1.13. The monoisotopic (exact) mass is 222 g/mol. The maximum Gasteiger partial charge on any atom is 0.213 e. The van der Waals surface area contributed by atoms with Crippen LogP contribution in [0.3, 0.4) is 0 Å². The quantitative estimate of drug-likeness (QED) is 0.781. The van der Waals surface area contributed by atoms with Crippen molar-refractivity contribution in [1.29, 1.82) is 0 Å². The summed E-state index contributed by atoms with van der Waals surface area (Å²) in [5, 5.41) is 9.01. The standard InChI is InChI=1S/C12H18N2O2/c1-16-12-4-2-3-10(13-12)9-14(7-8-15)11-5-6-11/h2-4,11,15H,5-9H2,1H3. The first-order chi connectivity index (χ1) is 7.83. The largest absolute Gasteiger partial charge is 0.481 e. The van der Waals surface area contributed by atoms with Crippen LogP contribution in [-0.4, -0.2) is 41.3 Å². The predicted octanol–water partition coefficient (Wildman–Crippen LogP) is 1.05. The molecule has 1 heterocycles. The number of aliphatic hydroxyl groups excluding tert-OH is 1. The van der Waals surface area contributed by atoms with Crippen molar-refractivity contribution in [3.63, 3.8) is 0 Å². The number of hydrogen-bond acceptors (Lipinski definition) is 4. The summed E-state index contributed by atoms with van der Waals surface area (Å²) in [6, 6.07) is 6.43. The van der Waals surface area contributed by atoms with Gasteiger partial charge in [0.05, 0.1) is 19.4 Å². The van der Waals surface area contributed by atoms with Crippen molar-refractivity contribution < 1.29 is 9.84 Å². The van der Waals surface area contributed by atoms with Crippen molar-refractivity contribution >= 4 is 0 Å². The maximum atomic E-state index is 9.01. The van der Waals surface area contributed by atoms with E-state index in [2.05, 4.69) is 9.88 Å². The zero-order valence-corrected chi connectivity index (χ0v) is 9.59. The molecule has 2 rings (SSSR count). The predicted molar refractivity (Wildman–Crippen MR) is 61.3 cm³/mol. The Bertz CT molecular complexity index is 340. The third kappa shape index (κ3) is 2.93. The lowest BCUT2D eigenvalue weighted by molar-refractivity contribution is 0.181. The molecular formula is C12H18N2O2. The van der Waals surface area contributed by atoms with Gasteiger partial charge in [-0.15, -0.1) is 0 Å². The summed E-state index contributed by atoms with van der Waals surface area (Å²) in [7, 11) is 1.62. The molecule has 1 aliphatic rings. The molecule has 0 bridgehead atoms. The van der Waals surface area contributed by atoms with E-state index in [9.17, 15) is 0 Å². The van der Waals surface area contributed by atoms with Crippen LogP contribution in [0.2, 0.25) is 0 Å². The van der Waals surface area contributed by atoms with Crippen molar-refractivity contribution in [3.8, 4) is 5.88 Å². The number of aliphatic hydroxyl groups is 1. The lowest BCUT2D eigenvalue weighted by atomic mass is 10.3. The summed E-state index contributed by atoms with van der Waals surface area (Å²) < 4.78 is 5.09. The fourth-order valence-corrected chi connectivity index (χ4v) is 1.83. The molecule has 1 N–H and O–H groups in total. The third-order valence-electron chi connectivity index (χ3n) is 2.81. The Morgan fingerprint density at radius 2 is 2.31 bits per heavy atom. The second-order valence-corrected chi connectivity index (χ2v) is 4.10. The number of aromatic nitrogens is 1. The molecule has 1 aromatic rings. The van der Waals surface area contributed by atoms with Gasteiger partial charge < -0.3 is 9.84 Å². The van der Waals surface area contributed by atoms with Gasteiger partial charge in [0.1, 0.15) is 0 Å². The van der Waals surface area contributed by atoms with Crippen LogP contribution in [0.1, 0.15) is 18.5 Å². The highest BCUT2D eigenvalue weighted by Crippen LogP contribution is 2.27. The summed E-state index contributed by atoms with van der Waals surface area (Å²) in [4.78, 5) is 6.66. The lowest BCUT2D eigenvalue weighted by Gasteiger charge is -2.20. The maximum absolute atomic E-state index is 9.01. The van der Waals surface area contributed by atoms with Crippen molar-refractivity contribution in [1.82, 2.24) is 9.88 Å². The number of hydrogen-bond donors (Lipinski definition) is 1. The number of pyridine rings is 1. The van der Waals surface area contributed by atoms with Crippen LogP contribution in [0, 0.1) is 0 Å². The van der Waals surface area contributed by atoms with Gasteiger partial charge in [0.25, 0.3) is 0 Å². The summed E-state index contributed by atoms with van der Waals surface area (Å²) in [5.74, 6) is 0.650. The number of nitrogens with zero attached hydrogens (tertiary/aromatic N) is 2. The molecule has 0 spiro atoms.